The number of carbonyl (C=O) groups is 1. The molecule has 2 atom stereocenters. The topological polar surface area (TPSA) is 49.0 Å². The van der Waals surface area contributed by atoms with Gasteiger partial charge in [0.15, 0.2) is 0 Å². The average molecular weight is 307 g/mol. The van der Waals surface area contributed by atoms with Gasteiger partial charge in [-0.15, -0.1) is 0 Å². The van der Waals surface area contributed by atoms with Gasteiger partial charge >= 0.3 is 0 Å². The van der Waals surface area contributed by atoms with Crippen LogP contribution in [0.25, 0.3) is 0 Å². The van der Waals surface area contributed by atoms with Gasteiger partial charge in [0.1, 0.15) is 0 Å². The highest BCUT2D eigenvalue weighted by Gasteiger charge is 2.60. The summed E-state index contributed by atoms with van der Waals surface area (Å²) < 4.78 is 0. The number of nitrogens with zero attached hydrogens (tertiary/aromatic N) is 2. The highest BCUT2D eigenvalue weighted by atomic mass is 16.2. The Morgan fingerprint density at radius 2 is 2.17 bits per heavy atom. The molecule has 0 radical (unpaired) electrons. The van der Waals surface area contributed by atoms with E-state index in [4.69, 9.17) is 0 Å². The molecule has 2 heterocycles. The minimum atomic E-state index is 0.141. The number of aromatic nitrogens is 2. The molecule has 1 amide bonds. The second kappa shape index (κ2) is 4.70. The van der Waals surface area contributed by atoms with Crippen LogP contribution in [0.4, 0.5) is 0 Å². The maximum Gasteiger partial charge on any atom is 0.226 e. The molecule has 118 valence electrons. The van der Waals surface area contributed by atoms with Crippen molar-refractivity contribution in [3.05, 3.63) is 52.8 Å². The molecule has 1 aliphatic heterocycles. The molecule has 1 spiro atoms. The predicted molar refractivity (Wildman–Crippen MR) is 86.9 cm³/mol. The van der Waals surface area contributed by atoms with Crippen LogP contribution >= 0.6 is 0 Å². The van der Waals surface area contributed by atoms with Gasteiger partial charge in [0.2, 0.25) is 5.91 Å². The van der Waals surface area contributed by atoms with Crippen molar-refractivity contribution in [2.45, 2.75) is 44.1 Å². The number of aromatic amines is 1. The minimum absolute atomic E-state index is 0.141. The molecule has 23 heavy (non-hydrogen) atoms. The van der Waals surface area contributed by atoms with E-state index >= 15 is 0 Å². The zero-order chi connectivity index (χ0) is 15.4. The number of hydrogen-bond donors (Lipinski definition) is 1. The Labute approximate surface area is 135 Å². The Bertz CT molecular complexity index is 780. The molecule has 0 bridgehead atoms. The number of aryl methyl sites for hydroxylation is 1. The fraction of sp³-hybridized carbons (Fsp3) is 0.474. The summed E-state index contributed by atoms with van der Waals surface area (Å²) in [6, 6.07) is 8.76. The van der Waals surface area contributed by atoms with Crippen molar-refractivity contribution in [3.63, 3.8) is 0 Å². The number of hydrogen-bond acceptors (Lipinski definition) is 2. The molecule has 4 nitrogen and oxygen atoms in total. The number of fused-ring (bicyclic) bond motifs is 3. The van der Waals surface area contributed by atoms with Crippen LogP contribution in [0.2, 0.25) is 0 Å². The Balaban J connectivity index is 1.40. The van der Waals surface area contributed by atoms with E-state index in [0.717, 1.165) is 25.9 Å². The van der Waals surface area contributed by atoms with Crippen molar-refractivity contribution in [1.29, 1.82) is 0 Å². The van der Waals surface area contributed by atoms with Gasteiger partial charge in [-0.2, -0.15) is 5.10 Å². The normalized spacial score (nSPS) is 28.3. The fourth-order valence-electron chi connectivity index (χ4n) is 4.79. The molecule has 1 N–H and O–H groups in total. The Morgan fingerprint density at radius 3 is 3.13 bits per heavy atom. The predicted octanol–water partition coefficient (Wildman–Crippen LogP) is 2.59. The molecule has 2 aliphatic carbocycles. The van der Waals surface area contributed by atoms with Crippen molar-refractivity contribution in [3.8, 4) is 0 Å². The van der Waals surface area contributed by atoms with Gasteiger partial charge in [0, 0.05) is 42.1 Å². The maximum absolute atomic E-state index is 13.1. The van der Waals surface area contributed by atoms with E-state index in [1.165, 1.54) is 41.6 Å². The third kappa shape index (κ3) is 1.90. The number of amides is 1. The van der Waals surface area contributed by atoms with E-state index in [2.05, 4.69) is 39.4 Å². The highest BCUT2D eigenvalue weighted by Crippen LogP contribution is 2.60. The van der Waals surface area contributed by atoms with Gasteiger partial charge in [-0.25, -0.2) is 0 Å². The monoisotopic (exact) mass is 307 g/mol. The van der Waals surface area contributed by atoms with Crippen LogP contribution in [0.1, 0.15) is 41.6 Å². The summed E-state index contributed by atoms with van der Waals surface area (Å²) in [6.07, 6.45) is 7.36. The molecule has 1 saturated carbocycles. The third-order valence-electron chi connectivity index (χ3n) is 6.11. The standard InChI is InChI=1S/C19H21N3O/c23-18(22-9-7-17-14(12-22)11-20-21-17)16-10-19(16)8-3-5-13-4-1-2-6-15(13)19/h1-2,4,6,11,16H,3,5,7-10,12H2,(H,20,21)/t16-,19+/m0/s1. The summed E-state index contributed by atoms with van der Waals surface area (Å²) in [4.78, 5) is 15.1. The largest absolute Gasteiger partial charge is 0.338 e. The van der Waals surface area contributed by atoms with E-state index in [0.29, 0.717) is 5.91 Å². The van der Waals surface area contributed by atoms with Crippen molar-refractivity contribution < 1.29 is 4.79 Å². The summed E-state index contributed by atoms with van der Waals surface area (Å²) in [7, 11) is 0. The summed E-state index contributed by atoms with van der Waals surface area (Å²) in [5, 5.41) is 7.15. The Kier molecular flexibility index (Phi) is 2.73. The van der Waals surface area contributed by atoms with E-state index in [1.54, 1.807) is 0 Å². The van der Waals surface area contributed by atoms with Gasteiger partial charge in [-0.3, -0.25) is 9.89 Å². The summed E-state index contributed by atoms with van der Waals surface area (Å²) in [5.74, 6) is 0.547. The number of rotatable bonds is 1. The molecular formula is C19H21N3O. The van der Waals surface area contributed by atoms with E-state index in [-0.39, 0.29) is 11.3 Å². The lowest BCUT2D eigenvalue weighted by molar-refractivity contribution is -0.134. The lowest BCUT2D eigenvalue weighted by Crippen LogP contribution is -2.38. The molecule has 1 aromatic carbocycles. The summed E-state index contributed by atoms with van der Waals surface area (Å²) in [5.41, 5.74) is 5.43. The zero-order valence-electron chi connectivity index (χ0n) is 13.2. The molecule has 0 unspecified atom stereocenters. The molecular weight excluding hydrogens is 286 g/mol. The maximum atomic E-state index is 13.1. The molecule has 4 heteroatoms. The third-order valence-corrected chi connectivity index (χ3v) is 6.11. The zero-order valence-corrected chi connectivity index (χ0v) is 13.2. The van der Waals surface area contributed by atoms with Crippen LogP contribution in [0.5, 0.6) is 0 Å². The highest BCUT2D eigenvalue weighted by molar-refractivity contribution is 5.85. The van der Waals surface area contributed by atoms with Crippen LogP contribution in [0.15, 0.2) is 30.5 Å². The first-order valence-electron chi connectivity index (χ1n) is 8.66. The lowest BCUT2D eigenvalue weighted by Gasteiger charge is -2.30. The SMILES string of the molecule is O=C([C@@H]1C[C@@]12CCCc1ccccc12)N1CCc2[nH]ncc2C1. The molecule has 0 saturated heterocycles. The molecule has 1 aromatic heterocycles. The molecule has 2 aromatic rings. The first-order valence-corrected chi connectivity index (χ1v) is 8.66. The van der Waals surface area contributed by atoms with E-state index in [9.17, 15) is 4.79 Å². The van der Waals surface area contributed by atoms with Gasteiger partial charge < -0.3 is 4.90 Å². The smallest absolute Gasteiger partial charge is 0.226 e. The van der Waals surface area contributed by atoms with E-state index < -0.39 is 0 Å². The first-order chi connectivity index (χ1) is 11.3. The number of H-pyrrole nitrogens is 1. The second-order valence-corrected chi connectivity index (χ2v) is 7.31. The van der Waals surface area contributed by atoms with Gasteiger partial charge in [0.05, 0.1) is 6.20 Å². The van der Waals surface area contributed by atoms with Crippen LogP contribution in [-0.4, -0.2) is 27.5 Å². The van der Waals surface area contributed by atoms with Crippen LogP contribution in [0, 0.1) is 5.92 Å². The first kappa shape index (κ1) is 13.3. The number of benzene rings is 1. The average Bonchev–Trinajstić information content (AvgIpc) is 3.10. The van der Waals surface area contributed by atoms with Gasteiger partial charge in [0.25, 0.3) is 0 Å². The molecule has 3 aliphatic rings. The van der Waals surface area contributed by atoms with Crippen LogP contribution in [-0.2, 0) is 29.6 Å². The molecule has 1 fully saturated rings. The minimum Gasteiger partial charge on any atom is -0.338 e. The Hall–Kier alpha value is -2.10. The van der Waals surface area contributed by atoms with Crippen molar-refractivity contribution in [1.82, 2.24) is 15.1 Å². The summed E-state index contributed by atoms with van der Waals surface area (Å²) >= 11 is 0. The Morgan fingerprint density at radius 1 is 1.26 bits per heavy atom. The lowest BCUT2D eigenvalue weighted by atomic mass is 9.78. The number of carbonyl (C=O) groups excluding carboxylic acids is 1. The van der Waals surface area contributed by atoms with Crippen LogP contribution < -0.4 is 0 Å². The molecule has 5 rings (SSSR count). The number of nitrogens with one attached hydrogen (secondary N) is 1. The van der Waals surface area contributed by atoms with Gasteiger partial charge in [-0.1, -0.05) is 24.3 Å². The van der Waals surface area contributed by atoms with Crippen molar-refractivity contribution in [2.75, 3.05) is 6.54 Å². The van der Waals surface area contributed by atoms with Crippen molar-refractivity contribution in [2.24, 2.45) is 5.92 Å². The fourth-order valence-corrected chi connectivity index (χ4v) is 4.79. The van der Waals surface area contributed by atoms with E-state index in [1.807, 2.05) is 6.20 Å². The second-order valence-electron chi connectivity index (χ2n) is 7.31. The quantitative estimate of drug-likeness (QED) is 0.880. The van der Waals surface area contributed by atoms with Crippen LogP contribution in [0.3, 0.4) is 0 Å². The van der Waals surface area contributed by atoms with Gasteiger partial charge in [-0.05, 0) is 36.8 Å². The summed E-state index contributed by atoms with van der Waals surface area (Å²) in [6.45, 7) is 1.54. The van der Waals surface area contributed by atoms with Crippen molar-refractivity contribution >= 4 is 5.91 Å².